The predicted molar refractivity (Wildman–Crippen MR) is 128 cm³/mol. The fraction of sp³-hybridized carbons (Fsp3) is 0. The second kappa shape index (κ2) is 8.13. The van der Waals surface area contributed by atoms with Crippen molar-refractivity contribution >= 4 is 45.9 Å². The maximum Gasteiger partial charge on any atom is 0.335 e. The topological polar surface area (TPSA) is 155 Å². The van der Waals surface area contributed by atoms with Crippen molar-refractivity contribution in [3.05, 3.63) is 105 Å². The molecule has 10 nitrogen and oxygen atoms in total. The van der Waals surface area contributed by atoms with Gasteiger partial charge in [0.25, 0.3) is 17.5 Å². The zero-order chi connectivity index (χ0) is 25.7. The Morgan fingerprint density at radius 3 is 2.06 bits per heavy atom. The van der Waals surface area contributed by atoms with Crippen molar-refractivity contribution in [1.82, 2.24) is 0 Å². The molecule has 4 aromatic rings. The van der Waals surface area contributed by atoms with E-state index >= 15 is 0 Å². The molecule has 0 spiro atoms. The van der Waals surface area contributed by atoms with E-state index in [9.17, 15) is 39.5 Å². The van der Waals surface area contributed by atoms with Crippen LogP contribution in [-0.4, -0.2) is 38.9 Å². The molecule has 5 rings (SSSR count). The molecule has 0 unspecified atom stereocenters. The molecule has 0 saturated heterocycles. The van der Waals surface area contributed by atoms with Gasteiger partial charge in [0.05, 0.1) is 32.9 Å². The molecule has 0 radical (unpaired) electrons. The number of hydrogen-bond acceptors (Lipinski definition) is 6. The Balaban J connectivity index is 1.80. The fourth-order valence-corrected chi connectivity index (χ4v) is 4.42. The number of carboxylic acid groups (broad SMARTS) is 2. The number of benzene rings is 4. The summed E-state index contributed by atoms with van der Waals surface area (Å²) in [6, 6.07) is 16.4. The van der Waals surface area contributed by atoms with E-state index in [0.29, 0.717) is 0 Å². The van der Waals surface area contributed by atoms with Crippen molar-refractivity contribution in [2.75, 3.05) is 4.90 Å². The Bertz CT molecular complexity index is 1670. The van der Waals surface area contributed by atoms with Gasteiger partial charge in [-0.15, -0.1) is 0 Å². The summed E-state index contributed by atoms with van der Waals surface area (Å²) in [5, 5.41) is 31.2. The third-order valence-corrected chi connectivity index (χ3v) is 5.95. The third kappa shape index (κ3) is 3.36. The number of nitro benzene ring substituents is 1. The Labute approximate surface area is 201 Å². The lowest BCUT2D eigenvalue weighted by Gasteiger charge is -2.28. The highest BCUT2D eigenvalue weighted by Gasteiger charge is 2.37. The monoisotopic (exact) mass is 482 g/mol. The number of imide groups is 1. The highest BCUT2D eigenvalue weighted by molar-refractivity contribution is 6.37. The molecular formula is C26H14N2O8. The van der Waals surface area contributed by atoms with Crippen LogP contribution in [0.25, 0.3) is 21.9 Å². The first-order chi connectivity index (χ1) is 17.2. The summed E-state index contributed by atoms with van der Waals surface area (Å²) in [6.45, 7) is 0. The SMILES string of the molecule is O=C(O)c1cccc(-c2c([N+](=O)[O-])cc3c4c(cccc24)C(=O)N(c2cccc(C(=O)O)c2)C3=O)c1. The van der Waals surface area contributed by atoms with Gasteiger partial charge in [-0.05, 0) is 47.3 Å². The number of carboxylic acids is 2. The van der Waals surface area contributed by atoms with E-state index in [1.54, 1.807) is 0 Å². The van der Waals surface area contributed by atoms with Crippen LogP contribution in [0.15, 0.2) is 72.8 Å². The summed E-state index contributed by atoms with van der Waals surface area (Å²) in [5.41, 5.74) is -0.366. The van der Waals surface area contributed by atoms with Crippen molar-refractivity contribution in [3.63, 3.8) is 0 Å². The van der Waals surface area contributed by atoms with E-state index in [1.807, 2.05) is 0 Å². The van der Waals surface area contributed by atoms with Gasteiger partial charge in [-0.3, -0.25) is 19.7 Å². The Morgan fingerprint density at radius 2 is 1.39 bits per heavy atom. The minimum Gasteiger partial charge on any atom is -0.478 e. The standard InChI is InChI=1S/C26H14N2O8/c29-23-18-9-3-8-17-21(13-4-1-5-14(10-13)25(31)32)20(28(35)36)12-19(22(17)18)24(30)27(23)16-7-2-6-15(11-16)26(33)34/h1-12H,(H,31,32)(H,33,34). The Morgan fingerprint density at radius 1 is 0.778 bits per heavy atom. The molecular weight excluding hydrogens is 468 g/mol. The minimum absolute atomic E-state index is 0.00782. The summed E-state index contributed by atoms with van der Waals surface area (Å²) < 4.78 is 0. The van der Waals surface area contributed by atoms with Crippen LogP contribution in [0.5, 0.6) is 0 Å². The largest absolute Gasteiger partial charge is 0.478 e. The van der Waals surface area contributed by atoms with E-state index in [0.717, 1.165) is 11.0 Å². The quantitative estimate of drug-likeness (QED) is 0.237. The van der Waals surface area contributed by atoms with Crippen molar-refractivity contribution in [1.29, 1.82) is 0 Å². The number of nitrogens with zero attached hydrogens (tertiary/aromatic N) is 2. The molecule has 0 aromatic heterocycles. The zero-order valence-corrected chi connectivity index (χ0v) is 18.2. The summed E-state index contributed by atoms with van der Waals surface area (Å²) in [6.07, 6.45) is 0. The van der Waals surface area contributed by atoms with Crippen LogP contribution >= 0.6 is 0 Å². The lowest BCUT2D eigenvalue weighted by molar-refractivity contribution is -0.384. The molecule has 0 fully saturated rings. The summed E-state index contributed by atoms with van der Waals surface area (Å²) in [4.78, 5) is 62.1. The van der Waals surface area contributed by atoms with Crippen molar-refractivity contribution in [2.24, 2.45) is 0 Å². The van der Waals surface area contributed by atoms with Gasteiger partial charge >= 0.3 is 11.9 Å². The van der Waals surface area contributed by atoms with Crippen LogP contribution in [-0.2, 0) is 0 Å². The Hall–Kier alpha value is -5.38. The average molecular weight is 482 g/mol. The molecule has 0 aliphatic carbocycles. The highest BCUT2D eigenvalue weighted by atomic mass is 16.6. The molecule has 4 aromatic carbocycles. The van der Waals surface area contributed by atoms with E-state index in [-0.39, 0.29) is 49.8 Å². The first kappa shape index (κ1) is 22.4. The van der Waals surface area contributed by atoms with Gasteiger partial charge in [-0.2, -0.15) is 0 Å². The lowest BCUT2D eigenvalue weighted by Crippen LogP contribution is -2.40. The van der Waals surface area contributed by atoms with Gasteiger partial charge < -0.3 is 10.2 Å². The number of carbonyl (C=O) groups is 4. The molecule has 10 heteroatoms. The lowest BCUT2D eigenvalue weighted by atomic mass is 9.87. The van der Waals surface area contributed by atoms with E-state index < -0.39 is 34.4 Å². The molecule has 0 atom stereocenters. The fourth-order valence-electron chi connectivity index (χ4n) is 4.42. The van der Waals surface area contributed by atoms with Gasteiger partial charge in [0.15, 0.2) is 0 Å². The molecule has 36 heavy (non-hydrogen) atoms. The first-order valence-electron chi connectivity index (χ1n) is 10.5. The van der Waals surface area contributed by atoms with Gasteiger partial charge in [0.1, 0.15) is 0 Å². The molecule has 0 bridgehead atoms. The van der Waals surface area contributed by atoms with Gasteiger partial charge in [0, 0.05) is 17.0 Å². The van der Waals surface area contributed by atoms with E-state index in [1.165, 1.54) is 66.7 Å². The van der Waals surface area contributed by atoms with Crippen molar-refractivity contribution in [3.8, 4) is 11.1 Å². The third-order valence-electron chi connectivity index (χ3n) is 5.95. The number of amides is 2. The van der Waals surface area contributed by atoms with Crippen LogP contribution in [0.1, 0.15) is 41.4 Å². The average Bonchev–Trinajstić information content (AvgIpc) is 2.86. The maximum atomic E-state index is 13.5. The van der Waals surface area contributed by atoms with Crippen molar-refractivity contribution < 1.29 is 34.3 Å². The predicted octanol–water partition coefficient (Wildman–Crippen LogP) is 4.61. The molecule has 1 aliphatic rings. The van der Waals surface area contributed by atoms with Crippen LogP contribution in [0, 0.1) is 10.1 Å². The van der Waals surface area contributed by atoms with E-state index in [2.05, 4.69) is 0 Å². The molecule has 2 amide bonds. The normalized spacial score (nSPS) is 12.6. The van der Waals surface area contributed by atoms with Crippen molar-refractivity contribution in [2.45, 2.75) is 0 Å². The Kier molecular flexibility index (Phi) is 5.06. The minimum atomic E-state index is -1.25. The van der Waals surface area contributed by atoms with Crippen LogP contribution in [0.3, 0.4) is 0 Å². The summed E-state index contributed by atoms with van der Waals surface area (Å²) in [7, 11) is 0. The van der Waals surface area contributed by atoms with Gasteiger partial charge in [-0.25, -0.2) is 14.5 Å². The molecule has 0 saturated carbocycles. The summed E-state index contributed by atoms with van der Waals surface area (Å²) >= 11 is 0. The number of nitro groups is 1. The highest BCUT2D eigenvalue weighted by Crippen LogP contribution is 2.43. The van der Waals surface area contributed by atoms with Crippen LogP contribution in [0.4, 0.5) is 11.4 Å². The number of aromatic carboxylic acids is 2. The number of anilines is 1. The molecule has 1 aliphatic heterocycles. The van der Waals surface area contributed by atoms with Crippen LogP contribution in [0.2, 0.25) is 0 Å². The number of hydrogen-bond donors (Lipinski definition) is 2. The smallest absolute Gasteiger partial charge is 0.335 e. The first-order valence-corrected chi connectivity index (χ1v) is 10.5. The zero-order valence-electron chi connectivity index (χ0n) is 18.2. The summed E-state index contributed by atoms with van der Waals surface area (Å²) in [5.74, 6) is -4.04. The maximum absolute atomic E-state index is 13.5. The van der Waals surface area contributed by atoms with Crippen LogP contribution < -0.4 is 4.90 Å². The van der Waals surface area contributed by atoms with Gasteiger partial charge in [0.2, 0.25) is 0 Å². The van der Waals surface area contributed by atoms with E-state index in [4.69, 9.17) is 0 Å². The molecule has 2 N–H and O–H groups in total. The number of rotatable bonds is 5. The number of carbonyl (C=O) groups excluding carboxylic acids is 2. The second-order valence-electron chi connectivity index (χ2n) is 7.99. The molecule has 176 valence electrons. The second-order valence-corrected chi connectivity index (χ2v) is 7.99. The molecule has 1 heterocycles. The van der Waals surface area contributed by atoms with Gasteiger partial charge in [-0.1, -0.05) is 30.3 Å².